The number of nitrogens with zero attached hydrogens (tertiary/aromatic N) is 3. The molecular weight excluding hydrogens is 324 g/mol. The minimum absolute atomic E-state index is 0.179. The van der Waals surface area contributed by atoms with Gasteiger partial charge < -0.3 is 24.2 Å². The lowest BCUT2D eigenvalue weighted by Crippen LogP contribution is -2.43. The van der Waals surface area contributed by atoms with Crippen molar-refractivity contribution in [3.05, 3.63) is 40.9 Å². The molecule has 1 atom stereocenters. The number of hydrogen-bond acceptors (Lipinski definition) is 7. The third-order valence-corrected chi connectivity index (χ3v) is 4.19. The van der Waals surface area contributed by atoms with E-state index in [1.165, 1.54) is 0 Å². The summed E-state index contributed by atoms with van der Waals surface area (Å²) in [6, 6.07) is 5.69. The first kappa shape index (κ1) is 17.4. The number of rotatable bonds is 5. The van der Waals surface area contributed by atoms with Gasteiger partial charge in [0.2, 0.25) is 0 Å². The number of carbonyl (C=O) groups is 1. The molecule has 8 heteroatoms. The molecule has 0 aliphatic carbocycles. The van der Waals surface area contributed by atoms with Crippen LogP contribution in [0.5, 0.6) is 0 Å². The van der Waals surface area contributed by atoms with Crippen LogP contribution in [-0.4, -0.2) is 54.8 Å². The number of nitrogens with one attached hydrogen (secondary N) is 1. The van der Waals surface area contributed by atoms with Crippen molar-refractivity contribution >= 4 is 11.7 Å². The molecule has 0 radical (unpaired) electrons. The van der Waals surface area contributed by atoms with Gasteiger partial charge in [0.05, 0.1) is 31.0 Å². The largest absolute Gasteiger partial charge is 0.380 e. The van der Waals surface area contributed by atoms with E-state index in [1.54, 1.807) is 18.9 Å². The molecule has 1 fully saturated rings. The fraction of sp³-hybridized carbons (Fsp3) is 0.471. The average Bonchev–Trinajstić information content (AvgIpc) is 3.02. The van der Waals surface area contributed by atoms with Crippen LogP contribution in [0.15, 0.2) is 22.7 Å². The quantitative estimate of drug-likeness (QED) is 0.882. The van der Waals surface area contributed by atoms with E-state index >= 15 is 0 Å². The highest BCUT2D eigenvalue weighted by Gasteiger charge is 2.30. The Labute approximate surface area is 146 Å². The molecule has 1 saturated heterocycles. The molecule has 0 spiro atoms. The van der Waals surface area contributed by atoms with Crippen LogP contribution in [0, 0.1) is 6.92 Å². The van der Waals surface area contributed by atoms with Gasteiger partial charge in [-0.2, -0.15) is 0 Å². The fourth-order valence-electron chi connectivity index (χ4n) is 2.81. The minimum atomic E-state index is -0.273. The summed E-state index contributed by atoms with van der Waals surface area (Å²) in [7, 11) is 3.39. The van der Waals surface area contributed by atoms with Crippen molar-refractivity contribution in [2.24, 2.45) is 0 Å². The summed E-state index contributed by atoms with van der Waals surface area (Å²) in [5.41, 5.74) is 1.78. The summed E-state index contributed by atoms with van der Waals surface area (Å²) < 4.78 is 16.1. The van der Waals surface area contributed by atoms with E-state index in [9.17, 15) is 4.79 Å². The van der Waals surface area contributed by atoms with Crippen LogP contribution in [0.4, 0.5) is 5.82 Å². The highest BCUT2D eigenvalue weighted by Crippen LogP contribution is 2.24. The summed E-state index contributed by atoms with van der Waals surface area (Å²) in [4.78, 5) is 19.1. The summed E-state index contributed by atoms with van der Waals surface area (Å²) >= 11 is 0. The number of aryl methyl sites for hydroxylation is 1. The molecule has 1 aliphatic heterocycles. The predicted octanol–water partition coefficient (Wildman–Crippen LogP) is 1.78. The number of amides is 1. The number of pyridine rings is 1. The molecule has 1 aliphatic rings. The molecule has 0 aromatic carbocycles. The third-order valence-electron chi connectivity index (χ3n) is 4.19. The maximum absolute atomic E-state index is 12.9. The monoisotopic (exact) mass is 346 g/mol. The first-order valence-corrected chi connectivity index (χ1v) is 8.13. The number of carbonyl (C=O) groups excluding carboxylic acids is 1. The van der Waals surface area contributed by atoms with Crippen molar-refractivity contribution in [3.63, 3.8) is 0 Å². The Balaban J connectivity index is 1.78. The van der Waals surface area contributed by atoms with Gasteiger partial charge in [0, 0.05) is 20.7 Å². The molecule has 3 heterocycles. The topological polar surface area (TPSA) is 89.7 Å². The minimum Gasteiger partial charge on any atom is -0.380 e. The third kappa shape index (κ3) is 3.64. The van der Waals surface area contributed by atoms with Crippen LogP contribution in [0.25, 0.3) is 0 Å². The Bertz CT molecular complexity index is 746. The maximum atomic E-state index is 12.9. The van der Waals surface area contributed by atoms with Crippen LogP contribution in [0.2, 0.25) is 0 Å². The molecule has 134 valence electrons. The Morgan fingerprint density at radius 2 is 2.32 bits per heavy atom. The van der Waals surface area contributed by atoms with E-state index in [0.717, 1.165) is 11.5 Å². The van der Waals surface area contributed by atoms with Crippen molar-refractivity contribution in [2.45, 2.75) is 19.6 Å². The molecule has 1 amide bonds. The summed E-state index contributed by atoms with van der Waals surface area (Å²) in [5.74, 6) is 1.18. The molecule has 3 rings (SSSR count). The maximum Gasteiger partial charge on any atom is 0.276 e. The Morgan fingerprint density at radius 3 is 3.08 bits per heavy atom. The van der Waals surface area contributed by atoms with Gasteiger partial charge in [-0.1, -0.05) is 11.2 Å². The Kier molecular flexibility index (Phi) is 5.30. The number of hydrogen-bond donors (Lipinski definition) is 1. The number of methoxy groups -OCH3 is 1. The fourth-order valence-corrected chi connectivity index (χ4v) is 2.81. The lowest BCUT2D eigenvalue weighted by atomic mass is 10.1. The van der Waals surface area contributed by atoms with Gasteiger partial charge in [0.25, 0.3) is 5.91 Å². The van der Waals surface area contributed by atoms with Crippen LogP contribution in [0.3, 0.4) is 0 Å². The molecule has 2 aromatic rings. The lowest BCUT2D eigenvalue weighted by Gasteiger charge is -2.32. The van der Waals surface area contributed by atoms with E-state index in [-0.39, 0.29) is 18.6 Å². The number of anilines is 1. The zero-order valence-electron chi connectivity index (χ0n) is 14.6. The number of aromatic nitrogens is 2. The molecule has 8 nitrogen and oxygen atoms in total. The average molecular weight is 346 g/mol. The van der Waals surface area contributed by atoms with Crippen LogP contribution >= 0.6 is 0 Å². The second-order valence-corrected chi connectivity index (χ2v) is 5.81. The van der Waals surface area contributed by atoms with Gasteiger partial charge in [-0.15, -0.1) is 0 Å². The standard InChI is InChI=1S/C17H22N4O4/c1-11-12(10-23-3)16(20-25-11)17(22)21-7-8-24-14(9-21)13-5-4-6-15(18-2)19-13/h4-6,14H,7-10H2,1-3H3,(H,18,19)/t14-/m0/s1. The number of ether oxygens (including phenoxy) is 2. The molecular formula is C17H22N4O4. The smallest absolute Gasteiger partial charge is 0.276 e. The van der Waals surface area contributed by atoms with E-state index < -0.39 is 0 Å². The van der Waals surface area contributed by atoms with E-state index in [2.05, 4.69) is 15.5 Å². The van der Waals surface area contributed by atoms with Gasteiger partial charge in [-0.3, -0.25) is 4.79 Å². The zero-order valence-corrected chi connectivity index (χ0v) is 14.6. The summed E-state index contributed by atoms with van der Waals surface area (Å²) in [5, 5.41) is 6.93. The summed E-state index contributed by atoms with van der Waals surface area (Å²) in [6.45, 7) is 3.42. The number of morpholine rings is 1. The van der Waals surface area contributed by atoms with Gasteiger partial charge in [0.15, 0.2) is 5.69 Å². The zero-order chi connectivity index (χ0) is 17.8. The first-order chi connectivity index (χ1) is 12.1. The molecule has 2 aromatic heterocycles. The van der Waals surface area contributed by atoms with Crippen molar-refractivity contribution in [3.8, 4) is 0 Å². The molecule has 25 heavy (non-hydrogen) atoms. The second-order valence-electron chi connectivity index (χ2n) is 5.81. The molecule has 0 saturated carbocycles. The van der Waals surface area contributed by atoms with Crippen LogP contribution < -0.4 is 5.32 Å². The normalized spacial score (nSPS) is 17.6. The van der Waals surface area contributed by atoms with Crippen LogP contribution in [0.1, 0.15) is 33.6 Å². The van der Waals surface area contributed by atoms with Crippen molar-refractivity contribution < 1.29 is 18.8 Å². The van der Waals surface area contributed by atoms with E-state index in [4.69, 9.17) is 14.0 Å². The first-order valence-electron chi connectivity index (χ1n) is 8.13. The van der Waals surface area contributed by atoms with E-state index in [0.29, 0.717) is 36.7 Å². The second kappa shape index (κ2) is 7.62. The highest BCUT2D eigenvalue weighted by molar-refractivity contribution is 5.93. The molecule has 1 N–H and O–H groups in total. The van der Waals surface area contributed by atoms with Crippen molar-refractivity contribution in [1.82, 2.24) is 15.0 Å². The molecule has 0 unspecified atom stereocenters. The SMILES string of the molecule is CNc1cccc([C@@H]2CN(C(=O)c3noc(C)c3COC)CCO2)n1. The lowest BCUT2D eigenvalue weighted by molar-refractivity contribution is -0.0250. The van der Waals surface area contributed by atoms with E-state index in [1.807, 2.05) is 25.2 Å². The Hall–Kier alpha value is -2.45. The molecule has 0 bridgehead atoms. The highest BCUT2D eigenvalue weighted by atomic mass is 16.5. The van der Waals surface area contributed by atoms with Gasteiger partial charge in [-0.05, 0) is 19.1 Å². The Morgan fingerprint density at radius 1 is 1.48 bits per heavy atom. The summed E-state index contributed by atoms with van der Waals surface area (Å²) in [6.07, 6.45) is -0.273. The predicted molar refractivity (Wildman–Crippen MR) is 90.3 cm³/mol. The van der Waals surface area contributed by atoms with Gasteiger partial charge in [0.1, 0.15) is 17.7 Å². The van der Waals surface area contributed by atoms with Gasteiger partial charge in [-0.25, -0.2) is 4.98 Å². The van der Waals surface area contributed by atoms with Crippen molar-refractivity contribution in [1.29, 1.82) is 0 Å². The van der Waals surface area contributed by atoms with Gasteiger partial charge >= 0.3 is 0 Å². The van der Waals surface area contributed by atoms with Crippen molar-refractivity contribution in [2.75, 3.05) is 39.2 Å². The van der Waals surface area contributed by atoms with Crippen LogP contribution in [-0.2, 0) is 16.1 Å².